The van der Waals surface area contributed by atoms with Gasteiger partial charge in [-0.15, -0.1) is 0 Å². The molecule has 0 aliphatic carbocycles. The number of hydrogen-bond donors (Lipinski definition) is 1. The van der Waals surface area contributed by atoms with Crippen molar-refractivity contribution in [2.24, 2.45) is 0 Å². The lowest BCUT2D eigenvalue weighted by Crippen LogP contribution is -2.46. The summed E-state index contributed by atoms with van der Waals surface area (Å²) in [5.41, 5.74) is 0. The Morgan fingerprint density at radius 1 is 1.43 bits per heavy atom. The van der Waals surface area contributed by atoms with E-state index in [4.69, 9.17) is 4.74 Å². The molecule has 0 amide bonds. The van der Waals surface area contributed by atoms with E-state index in [2.05, 4.69) is 31.1 Å². The third-order valence-corrected chi connectivity index (χ3v) is 2.78. The van der Waals surface area contributed by atoms with Crippen molar-refractivity contribution in [2.75, 3.05) is 34.4 Å². The molecule has 0 radical (unpaired) electrons. The summed E-state index contributed by atoms with van der Waals surface area (Å²) in [7, 11) is 5.93. The van der Waals surface area contributed by atoms with Gasteiger partial charge in [0.1, 0.15) is 0 Å². The minimum absolute atomic E-state index is 0.478. The molecule has 2 unspecified atom stereocenters. The van der Waals surface area contributed by atoms with Crippen LogP contribution in [0.25, 0.3) is 0 Å². The number of likely N-dealkylation sites (N-methyl/N-ethyl adjacent to an activating group) is 2. The van der Waals surface area contributed by atoms with Crippen LogP contribution < -0.4 is 5.32 Å². The third-order valence-electron chi connectivity index (χ3n) is 2.78. The van der Waals surface area contributed by atoms with E-state index in [9.17, 15) is 0 Å². The summed E-state index contributed by atoms with van der Waals surface area (Å²) in [6, 6.07) is 1.11. The van der Waals surface area contributed by atoms with Gasteiger partial charge in [0.15, 0.2) is 0 Å². The predicted molar refractivity (Wildman–Crippen MR) is 61.7 cm³/mol. The van der Waals surface area contributed by atoms with Crippen molar-refractivity contribution in [3.63, 3.8) is 0 Å². The van der Waals surface area contributed by atoms with Gasteiger partial charge in [-0.3, -0.25) is 4.90 Å². The highest BCUT2D eigenvalue weighted by molar-refractivity contribution is 4.74. The molecule has 2 atom stereocenters. The molecule has 3 heteroatoms. The number of methoxy groups -OCH3 is 1. The predicted octanol–water partition coefficient (Wildman–Crippen LogP) is 1.34. The second-order valence-corrected chi connectivity index (χ2v) is 3.97. The molecule has 0 heterocycles. The highest BCUT2D eigenvalue weighted by atomic mass is 16.5. The van der Waals surface area contributed by atoms with Crippen molar-refractivity contribution in [3.05, 3.63) is 0 Å². The maximum atomic E-state index is 5.22. The van der Waals surface area contributed by atoms with Gasteiger partial charge in [0, 0.05) is 25.7 Å². The summed E-state index contributed by atoms with van der Waals surface area (Å²) in [6.07, 6.45) is 2.49. The van der Waals surface area contributed by atoms with Crippen molar-refractivity contribution in [1.29, 1.82) is 0 Å². The number of nitrogens with zero attached hydrogens (tertiary/aromatic N) is 1. The van der Waals surface area contributed by atoms with Gasteiger partial charge in [0.25, 0.3) is 0 Å². The molecular formula is C11H26N2O. The van der Waals surface area contributed by atoms with Crippen LogP contribution in [0.2, 0.25) is 0 Å². The maximum Gasteiger partial charge on any atom is 0.0630 e. The second-order valence-electron chi connectivity index (χ2n) is 3.97. The quantitative estimate of drug-likeness (QED) is 0.643. The lowest BCUT2D eigenvalue weighted by molar-refractivity contribution is 0.0821. The highest BCUT2D eigenvalue weighted by Gasteiger charge is 2.18. The van der Waals surface area contributed by atoms with Crippen LogP contribution in [0.1, 0.15) is 26.7 Å². The molecule has 0 fully saturated rings. The molecule has 0 aliphatic rings. The minimum atomic E-state index is 0.478. The standard InChI is InChI=1S/C11H26N2O/c1-6-7-10(2)13(4)11(8-12-3)9-14-5/h10-12H,6-9H2,1-5H3. The lowest BCUT2D eigenvalue weighted by Gasteiger charge is -2.32. The van der Waals surface area contributed by atoms with Crippen LogP contribution in [0.3, 0.4) is 0 Å². The minimum Gasteiger partial charge on any atom is -0.383 e. The molecule has 0 aromatic rings. The molecule has 0 saturated carbocycles. The zero-order valence-corrected chi connectivity index (χ0v) is 10.3. The monoisotopic (exact) mass is 202 g/mol. The average molecular weight is 202 g/mol. The van der Waals surface area contributed by atoms with E-state index in [0.29, 0.717) is 12.1 Å². The zero-order valence-electron chi connectivity index (χ0n) is 10.3. The van der Waals surface area contributed by atoms with Gasteiger partial charge in [-0.2, -0.15) is 0 Å². The van der Waals surface area contributed by atoms with Crippen LogP contribution in [0.5, 0.6) is 0 Å². The molecule has 0 spiro atoms. The van der Waals surface area contributed by atoms with E-state index in [1.54, 1.807) is 7.11 Å². The first-order valence-corrected chi connectivity index (χ1v) is 5.52. The van der Waals surface area contributed by atoms with Gasteiger partial charge >= 0.3 is 0 Å². The van der Waals surface area contributed by atoms with E-state index < -0.39 is 0 Å². The molecule has 86 valence electrons. The summed E-state index contributed by atoms with van der Waals surface area (Å²) in [6.45, 7) is 6.29. The maximum absolute atomic E-state index is 5.22. The van der Waals surface area contributed by atoms with Crippen LogP contribution in [0.15, 0.2) is 0 Å². The molecule has 1 N–H and O–H groups in total. The van der Waals surface area contributed by atoms with E-state index in [-0.39, 0.29) is 0 Å². The number of rotatable bonds is 8. The Morgan fingerprint density at radius 2 is 2.07 bits per heavy atom. The molecule has 0 saturated heterocycles. The van der Waals surface area contributed by atoms with E-state index in [1.807, 2.05) is 7.05 Å². The average Bonchev–Trinajstić information content (AvgIpc) is 2.17. The molecule has 3 nitrogen and oxygen atoms in total. The van der Waals surface area contributed by atoms with Gasteiger partial charge in [0.05, 0.1) is 6.61 Å². The van der Waals surface area contributed by atoms with Gasteiger partial charge in [-0.1, -0.05) is 13.3 Å². The van der Waals surface area contributed by atoms with Crippen molar-refractivity contribution >= 4 is 0 Å². The summed E-state index contributed by atoms with van der Waals surface area (Å²) >= 11 is 0. The molecule has 14 heavy (non-hydrogen) atoms. The molecule has 0 aliphatic heterocycles. The summed E-state index contributed by atoms with van der Waals surface area (Å²) in [5, 5.41) is 3.21. The number of hydrogen-bond acceptors (Lipinski definition) is 3. The van der Waals surface area contributed by atoms with Gasteiger partial charge in [-0.05, 0) is 27.4 Å². The molecule has 0 aromatic heterocycles. The van der Waals surface area contributed by atoms with Crippen LogP contribution in [-0.2, 0) is 4.74 Å². The van der Waals surface area contributed by atoms with Gasteiger partial charge in [0.2, 0.25) is 0 Å². The topological polar surface area (TPSA) is 24.5 Å². The first kappa shape index (κ1) is 13.9. The summed E-state index contributed by atoms with van der Waals surface area (Å²) in [5.74, 6) is 0. The fourth-order valence-corrected chi connectivity index (χ4v) is 1.73. The largest absolute Gasteiger partial charge is 0.383 e. The van der Waals surface area contributed by atoms with Crippen molar-refractivity contribution in [2.45, 2.75) is 38.8 Å². The molecule has 0 bridgehead atoms. The van der Waals surface area contributed by atoms with Crippen LogP contribution in [0, 0.1) is 0 Å². The van der Waals surface area contributed by atoms with Crippen LogP contribution in [-0.4, -0.2) is 51.3 Å². The Morgan fingerprint density at radius 3 is 2.50 bits per heavy atom. The van der Waals surface area contributed by atoms with E-state index in [1.165, 1.54) is 12.8 Å². The van der Waals surface area contributed by atoms with Gasteiger partial charge < -0.3 is 10.1 Å². The molecule has 0 rings (SSSR count). The fraction of sp³-hybridized carbons (Fsp3) is 1.00. The first-order chi connectivity index (χ1) is 6.67. The van der Waals surface area contributed by atoms with E-state index in [0.717, 1.165) is 13.2 Å². The molecule has 0 aromatic carbocycles. The normalized spacial score (nSPS) is 15.9. The third kappa shape index (κ3) is 4.94. The van der Waals surface area contributed by atoms with Crippen molar-refractivity contribution < 1.29 is 4.74 Å². The number of ether oxygens (including phenoxy) is 1. The first-order valence-electron chi connectivity index (χ1n) is 5.52. The Hall–Kier alpha value is -0.120. The van der Waals surface area contributed by atoms with Crippen molar-refractivity contribution in [1.82, 2.24) is 10.2 Å². The Balaban J connectivity index is 4.03. The van der Waals surface area contributed by atoms with Crippen molar-refractivity contribution in [3.8, 4) is 0 Å². The molecular weight excluding hydrogens is 176 g/mol. The SMILES string of the molecule is CCCC(C)N(C)C(CNC)COC. The Labute approximate surface area is 88.8 Å². The van der Waals surface area contributed by atoms with Crippen LogP contribution in [0.4, 0.5) is 0 Å². The fourth-order valence-electron chi connectivity index (χ4n) is 1.73. The lowest BCUT2D eigenvalue weighted by atomic mass is 10.1. The van der Waals surface area contributed by atoms with Crippen LogP contribution >= 0.6 is 0 Å². The van der Waals surface area contributed by atoms with Gasteiger partial charge in [-0.25, -0.2) is 0 Å². The summed E-state index contributed by atoms with van der Waals surface area (Å²) in [4.78, 5) is 2.41. The Bertz CT molecular complexity index is 124. The summed E-state index contributed by atoms with van der Waals surface area (Å²) < 4.78 is 5.22. The zero-order chi connectivity index (χ0) is 11.0. The smallest absolute Gasteiger partial charge is 0.0630 e. The Kier molecular flexibility index (Phi) is 8.14. The number of nitrogens with one attached hydrogen (secondary N) is 1. The van der Waals surface area contributed by atoms with E-state index >= 15 is 0 Å². The highest BCUT2D eigenvalue weighted by Crippen LogP contribution is 2.08. The second kappa shape index (κ2) is 8.21.